The standard InChI is InChI=1S/C12H26N2O3S/c1-2-3-9-17-10-5-8-14-18(15,16)11-12-6-4-7-13-12/h12-14H,2-11H2,1H3. The van der Waals surface area contributed by atoms with Gasteiger partial charge in [0.2, 0.25) is 10.0 Å². The molecule has 1 heterocycles. The second-order valence-corrected chi connectivity index (χ2v) is 6.64. The molecule has 1 rings (SSSR count). The van der Waals surface area contributed by atoms with E-state index < -0.39 is 10.0 Å². The van der Waals surface area contributed by atoms with Crippen molar-refractivity contribution in [2.24, 2.45) is 0 Å². The minimum atomic E-state index is -3.13. The molecule has 1 aliphatic rings. The van der Waals surface area contributed by atoms with Crippen molar-refractivity contribution in [1.29, 1.82) is 0 Å². The molecular weight excluding hydrogens is 252 g/mol. The number of hydrogen-bond donors (Lipinski definition) is 2. The second-order valence-electron chi connectivity index (χ2n) is 4.79. The number of nitrogens with one attached hydrogen (secondary N) is 2. The lowest BCUT2D eigenvalue weighted by Crippen LogP contribution is -2.37. The van der Waals surface area contributed by atoms with Crippen LogP contribution in [-0.4, -0.2) is 46.5 Å². The molecule has 1 saturated heterocycles. The summed E-state index contributed by atoms with van der Waals surface area (Å²) in [6, 6.07) is 0.128. The maximum atomic E-state index is 11.7. The van der Waals surface area contributed by atoms with Gasteiger partial charge in [-0.05, 0) is 32.2 Å². The highest BCUT2D eigenvalue weighted by Crippen LogP contribution is 2.06. The van der Waals surface area contributed by atoms with E-state index in [0.29, 0.717) is 13.2 Å². The Kier molecular flexibility index (Phi) is 7.81. The van der Waals surface area contributed by atoms with Crippen LogP contribution in [0.5, 0.6) is 0 Å². The van der Waals surface area contributed by atoms with Crippen LogP contribution >= 0.6 is 0 Å². The zero-order chi connectivity index (χ0) is 13.3. The molecule has 0 saturated carbocycles. The Morgan fingerprint density at radius 1 is 1.33 bits per heavy atom. The first-order valence-corrected chi connectivity index (χ1v) is 8.58. The predicted octanol–water partition coefficient (Wildman–Crippen LogP) is 0.865. The molecule has 108 valence electrons. The lowest BCUT2D eigenvalue weighted by molar-refractivity contribution is 0.130. The van der Waals surface area contributed by atoms with Crippen LogP contribution in [-0.2, 0) is 14.8 Å². The molecule has 1 aliphatic heterocycles. The van der Waals surface area contributed by atoms with Crippen LogP contribution in [0.2, 0.25) is 0 Å². The lowest BCUT2D eigenvalue weighted by atomic mass is 10.3. The Morgan fingerprint density at radius 3 is 2.78 bits per heavy atom. The van der Waals surface area contributed by atoms with E-state index in [-0.39, 0.29) is 11.8 Å². The number of sulfonamides is 1. The van der Waals surface area contributed by atoms with Crippen LogP contribution < -0.4 is 10.0 Å². The first-order valence-electron chi connectivity index (χ1n) is 6.92. The van der Waals surface area contributed by atoms with Gasteiger partial charge in [-0.15, -0.1) is 0 Å². The Labute approximate surface area is 111 Å². The summed E-state index contributed by atoms with van der Waals surface area (Å²) in [7, 11) is -3.13. The smallest absolute Gasteiger partial charge is 0.213 e. The first-order chi connectivity index (χ1) is 8.64. The molecule has 0 bridgehead atoms. The summed E-state index contributed by atoms with van der Waals surface area (Å²) in [5.41, 5.74) is 0. The monoisotopic (exact) mass is 278 g/mol. The molecule has 0 aromatic carbocycles. The van der Waals surface area contributed by atoms with E-state index in [2.05, 4.69) is 17.0 Å². The van der Waals surface area contributed by atoms with E-state index >= 15 is 0 Å². The van der Waals surface area contributed by atoms with Gasteiger partial charge in [-0.3, -0.25) is 0 Å². The molecule has 1 atom stereocenters. The van der Waals surface area contributed by atoms with Crippen molar-refractivity contribution in [3.8, 4) is 0 Å². The summed E-state index contributed by atoms with van der Waals surface area (Å²) in [5, 5.41) is 3.19. The third-order valence-electron chi connectivity index (χ3n) is 3.01. The zero-order valence-corrected chi connectivity index (χ0v) is 12.1. The van der Waals surface area contributed by atoms with Gasteiger partial charge in [-0.1, -0.05) is 13.3 Å². The van der Waals surface area contributed by atoms with E-state index in [1.165, 1.54) is 0 Å². The van der Waals surface area contributed by atoms with E-state index in [0.717, 1.165) is 45.3 Å². The van der Waals surface area contributed by atoms with Gasteiger partial charge in [0.15, 0.2) is 0 Å². The number of ether oxygens (including phenoxy) is 1. The summed E-state index contributed by atoms with van der Waals surface area (Å²) < 4.78 is 31.5. The molecule has 0 aromatic rings. The van der Waals surface area contributed by atoms with E-state index in [1.807, 2.05) is 0 Å². The minimum Gasteiger partial charge on any atom is -0.381 e. The van der Waals surface area contributed by atoms with Gasteiger partial charge in [0, 0.05) is 25.8 Å². The second kappa shape index (κ2) is 8.85. The van der Waals surface area contributed by atoms with Crippen molar-refractivity contribution >= 4 is 10.0 Å². The molecule has 0 radical (unpaired) electrons. The van der Waals surface area contributed by atoms with Crippen LogP contribution in [0.15, 0.2) is 0 Å². The average Bonchev–Trinajstić information content (AvgIpc) is 2.80. The van der Waals surface area contributed by atoms with Gasteiger partial charge in [0.25, 0.3) is 0 Å². The summed E-state index contributed by atoms with van der Waals surface area (Å²) in [5.74, 6) is 0.198. The highest BCUT2D eigenvalue weighted by Gasteiger charge is 2.21. The molecule has 5 nitrogen and oxygen atoms in total. The van der Waals surface area contributed by atoms with Crippen molar-refractivity contribution in [2.75, 3.05) is 32.1 Å². The summed E-state index contributed by atoms with van der Waals surface area (Å²) in [6.45, 7) is 4.93. The van der Waals surface area contributed by atoms with Gasteiger partial charge in [-0.25, -0.2) is 13.1 Å². The molecule has 6 heteroatoms. The summed E-state index contributed by atoms with van der Waals surface area (Å²) in [4.78, 5) is 0. The fourth-order valence-corrected chi connectivity index (χ4v) is 3.36. The molecule has 0 aliphatic carbocycles. The van der Waals surface area contributed by atoms with Crippen molar-refractivity contribution in [2.45, 2.75) is 45.1 Å². The highest BCUT2D eigenvalue weighted by atomic mass is 32.2. The first kappa shape index (κ1) is 15.9. The predicted molar refractivity (Wildman–Crippen MR) is 73.2 cm³/mol. The van der Waals surface area contributed by atoms with Crippen LogP contribution in [0.3, 0.4) is 0 Å². The van der Waals surface area contributed by atoms with E-state index in [9.17, 15) is 8.42 Å². The fraction of sp³-hybridized carbons (Fsp3) is 1.00. The molecular formula is C12H26N2O3S. The van der Waals surface area contributed by atoms with Crippen molar-refractivity contribution < 1.29 is 13.2 Å². The van der Waals surface area contributed by atoms with Gasteiger partial charge in [0.1, 0.15) is 0 Å². The van der Waals surface area contributed by atoms with Crippen molar-refractivity contribution in [3.05, 3.63) is 0 Å². The van der Waals surface area contributed by atoms with E-state index in [4.69, 9.17) is 4.74 Å². The normalized spacial score (nSPS) is 20.4. The number of rotatable bonds is 10. The van der Waals surface area contributed by atoms with Crippen LogP contribution in [0.1, 0.15) is 39.0 Å². The molecule has 18 heavy (non-hydrogen) atoms. The number of unbranched alkanes of at least 4 members (excludes halogenated alkanes) is 1. The van der Waals surface area contributed by atoms with Crippen LogP contribution in [0.25, 0.3) is 0 Å². The Balaban J connectivity index is 2.02. The van der Waals surface area contributed by atoms with Crippen LogP contribution in [0, 0.1) is 0 Å². The maximum absolute atomic E-state index is 11.7. The molecule has 1 unspecified atom stereocenters. The van der Waals surface area contributed by atoms with E-state index in [1.54, 1.807) is 0 Å². The molecule has 0 amide bonds. The summed E-state index contributed by atoms with van der Waals surface area (Å²) in [6.07, 6.45) is 4.97. The topological polar surface area (TPSA) is 67.4 Å². The molecule has 2 N–H and O–H groups in total. The Hall–Kier alpha value is -0.170. The van der Waals surface area contributed by atoms with Crippen molar-refractivity contribution in [1.82, 2.24) is 10.0 Å². The van der Waals surface area contributed by atoms with Gasteiger partial charge in [0.05, 0.1) is 5.75 Å². The molecule has 0 spiro atoms. The zero-order valence-electron chi connectivity index (χ0n) is 11.3. The van der Waals surface area contributed by atoms with Crippen LogP contribution in [0.4, 0.5) is 0 Å². The molecule has 0 aromatic heterocycles. The lowest BCUT2D eigenvalue weighted by Gasteiger charge is -2.11. The maximum Gasteiger partial charge on any atom is 0.213 e. The third kappa shape index (κ3) is 7.31. The fourth-order valence-electron chi connectivity index (χ4n) is 1.97. The van der Waals surface area contributed by atoms with Crippen molar-refractivity contribution in [3.63, 3.8) is 0 Å². The largest absolute Gasteiger partial charge is 0.381 e. The van der Waals surface area contributed by atoms with Gasteiger partial charge < -0.3 is 10.1 Å². The highest BCUT2D eigenvalue weighted by molar-refractivity contribution is 7.89. The number of hydrogen-bond acceptors (Lipinski definition) is 4. The third-order valence-corrected chi connectivity index (χ3v) is 4.50. The van der Waals surface area contributed by atoms with Gasteiger partial charge in [-0.2, -0.15) is 0 Å². The van der Waals surface area contributed by atoms with Gasteiger partial charge >= 0.3 is 0 Å². The Morgan fingerprint density at radius 2 is 2.11 bits per heavy atom. The summed E-state index contributed by atoms with van der Waals surface area (Å²) >= 11 is 0. The minimum absolute atomic E-state index is 0.128. The quantitative estimate of drug-likeness (QED) is 0.582. The SMILES string of the molecule is CCCCOCCCNS(=O)(=O)CC1CCCN1. The molecule has 1 fully saturated rings. The average molecular weight is 278 g/mol. The Bertz CT molecular complexity index is 300.